The first-order valence-corrected chi connectivity index (χ1v) is 10.2. The number of anilines is 1. The van der Waals surface area contributed by atoms with Crippen LogP contribution >= 0.6 is 0 Å². The van der Waals surface area contributed by atoms with Crippen LogP contribution < -0.4 is 10.5 Å². The zero-order valence-electron chi connectivity index (χ0n) is 17.1. The highest BCUT2D eigenvalue weighted by molar-refractivity contribution is 5.96. The zero-order valence-corrected chi connectivity index (χ0v) is 17.1. The molecule has 1 aliphatic heterocycles. The van der Waals surface area contributed by atoms with Gasteiger partial charge in [-0.05, 0) is 24.6 Å². The van der Waals surface area contributed by atoms with E-state index in [1.165, 1.54) is 6.33 Å². The lowest BCUT2D eigenvalue weighted by molar-refractivity contribution is 0.198. The summed E-state index contributed by atoms with van der Waals surface area (Å²) < 4.78 is 1.91. The van der Waals surface area contributed by atoms with Crippen molar-refractivity contribution in [2.24, 2.45) is 4.99 Å². The normalized spacial score (nSPS) is 16.6. The van der Waals surface area contributed by atoms with Crippen molar-refractivity contribution in [2.75, 3.05) is 25.0 Å². The Bertz CT molecular complexity index is 1330. The summed E-state index contributed by atoms with van der Waals surface area (Å²) in [5, 5.41) is 10.4. The maximum atomic E-state index is 12.7. The van der Waals surface area contributed by atoms with Crippen molar-refractivity contribution in [3.05, 3.63) is 71.0 Å². The van der Waals surface area contributed by atoms with Crippen molar-refractivity contribution in [2.45, 2.75) is 12.5 Å². The van der Waals surface area contributed by atoms with Crippen LogP contribution in [0.5, 0.6) is 0 Å². The third kappa shape index (κ3) is 3.40. The van der Waals surface area contributed by atoms with E-state index in [-0.39, 0.29) is 11.7 Å². The Labute approximate surface area is 178 Å². The first-order valence-electron chi connectivity index (χ1n) is 10.2. The Hall–Kier alpha value is -3.78. The van der Waals surface area contributed by atoms with Gasteiger partial charge in [-0.1, -0.05) is 18.2 Å². The number of aromatic nitrogens is 4. The zero-order chi connectivity index (χ0) is 21.4. The van der Waals surface area contributed by atoms with Crippen LogP contribution in [0.4, 0.5) is 5.82 Å². The number of hydrogen-bond acceptors (Lipinski definition) is 6. The summed E-state index contributed by atoms with van der Waals surface area (Å²) in [6.07, 6.45) is 7.24. The molecular formula is C23H22N6O2. The van der Waals surface area contributed by atoms with Crippen LogP contribution in [0.1, 0.15) is 12.0 Å². The number of pyridine rings is 1. The predicted octanol–water partition coefficient (Wildman–Crippen LogP) is 2.40. The van der Waals surface area contributed by atoms with Crippen molar-refractivity contribution in [3.8, 4) is 16.8 Å². The van der Waals surface area contributed by atoms with E-state index in [0.29, 0.717) is 17.6 Å². The molecule has 156 valence electrons. The highest BCUT2D eigenvalue weighted by Crippen LogP contribution is 2.32. The molecule has 0 spiro atoms. The number of H-pyrrole nitrogens is 1. The Morgan fingerprint density at radius 1 is 1.26 bits per heavy atom. The maximum absolute atomic E-state index is 12.7. The molecule has 0 bridgehead atoms. The minimum Gasteiger partial charge on any atom is -0.391 e. The van der Waals surface area contributed by atoms with Crippen molar-refractivity contribution in [1.29, 1.82) is 0 Å². The minimum absolute atomic E-state index is 0.202. The number of para-hydroxylation sites is 1. The summed E-state index contributed by atoms with van der Waals surface area (Å²) in [7, 11) is 1.71. The number of nitrogens with zero attached hydrogens (tertiary/aromatic N) is 5. The van der Waals surface area contributed by atoms with Gasteiger partial charge in [0.2, 0.25) is 0 Å². The first-order chi connectivity index (χ1) is 15.2. The van der Waals surface area contributed by atoms with Gasteiger partial charge in [-0.3, -0.25) is 9.79 Å². The van der Waals surface area contributed by atoms with Gasteiger partial charge in [0.1, 0.15) is 5.82 Å². The van der Waals surface area contributed by atoms with Gasteiger partial charge in [0.05, 0.1) is 17.8 Å². The number of aliphatic hydroxyl groups excluding tert-OH is 1. The van der Waals surface area contributed by atoms with Crippen LogP contribution in [0.15, 0.2) is 64.9 Å². The number of rotatable bonds is 4. The summed E-state index contributed by atoms with van der Waals surface area (Å²) in [5.41, 5.74) is 3.70. The number of fused-ring (bicyclic) bond motifs is 1. The van der Waals surface area contributed by atoms with Crippen LogP contribution in [0.3, 0.4) is 0 Å². The van der Waals surface area contributed by atoms with E-state index >= 15 is 0 Å². The summed E-state index contributed by atoms with van der Waals surface area (Å²) in [6, 6.07) is 11.8. The Morgan fingerprint density at radius 3 is 2.84 bits per heavy atom. The first kappa shape index (κ1) is 19.2. The largest absolute Gasteiger partial charge is 0.391 e. The second-order valence-corrected chi connectivity index (χ2v) is 7.59. The third-order valence-corrected chi connectivity index (χ3v) is 5.56. The monoisotopic (exact) mass is 414 g/mol. The number of nitrogens with one attached hydrogen (secondary N) is 1. The smallest absolute Gasteiger partial charge is 0.260 e. The van der Waals surface area contributed by atoms with Gasteiger partial charge < -0.3 is 19.6 Å². The molecule has 2 N–H and O–H groups in total. The van der Waals surface area contributed by atoms with Crippen LogP contribution in [0.25, 0.3) is 27.8 Å². The second-order valence-electron chi connectivity index (χ2n) is 7.59. The molecule has 3 aromatic heterocycles. The Balaban J connectivity index is 1.69. The molecule has 4 heterocycles. The molecule has 4 aromatic rings. The minimum atomic E-state index is -0.346. The summed E-state index contributed by atoms with van der Waals surface area (Å²) in [4.78, 5) is 30.8. The number of aromatic amines is 1. The molecule has 1 fully saturated rings. The highest BCUT2D eigenvalue weighted by Gasteiger charge is 2.24. The Morgan fingerprint density at radius 2 is 2.10 bits per heavy atom. The molecule has 0 amide bonds. The number of hydrogen-bond donors (Lipinski definition) is 2. The van der Waals surface area contributed by atoms with E-state index in [1.807, 2.05) is 47.2 Å². The van der Waals surface area contributed by atoms with Crippen molar-refractivity contribution in [1.82, 2.24) is 19.5 Å². The molecule has 1 aliphatic rings. The second kappa shape index (κ2) is 7.81. The molecule has 5 rings (SSSR count). The van der Waals surface area contributed by atoms with Gasteiger partial charge in [0.25, 0.3) is 5.56 Å². The van der Waals surface area contributed by atoms with E-state index in [2.05, 4.69) is 19.9 Å². The van der Waals surface area contributed by atoms with Crippen molar-refractivity contribution in [3.63, 3.8) is 0 Å². The molecule has 1 atom stereocenters. The van der Waals surface area contributed by atoms with Crippen LogP contribution in [-0.2, 0) is 0 Å². The lowest BCUT2D eigenvalue weighted by Gasteiger charge is -2.19. The molecular weight excluding hydrogens is 392 g/mol. The van der Waals surface area contributed by atoms with Crippen LogP contribution in [-0.4, -0.2) is 57.1 Å². The number of aliphatic imine (C=N–C) groups is 1. The molecule has 8 heteroatoms. The van der Waals surface area contributed by atoms with Crippen LogP contribution in [0.2, 0.25) is 0 Å². The van der Waals surface area contributed by atoms with Crippen molar-refractivity contribution < 1.29 is 5.11 Å². The number of benzene rings is 1. The van der Waals surface area contributed by atoms with E-state index in [4.69, 9.17) is 4.98 Å². The van der Waals surface area contributed by atoms with Gasteiger partial charge in [-0.25, -0.2) is 9.97 Å². The van der Waals surface area contributed by atoms with Crippen LogP contribution in [0, 0.1) is 0 Å². The van der Waals surface area contributed by atoms with Crippen molar-refractivity contribution >= 4 is 23.1 Å². The molecule has 31 heavy (non-hydrogen) atoms. The fourth-order valence-corrected chi connectivity index (χ4v) is 4.13. The number of aliphatic hydroxyl groups is 1. The van der Waals surface area contributed by atoms with Gasteiger partial charge in [-0.2, -0.15) is 0 Å². The quantitative estimate of drug-likeness (QED) is 0.500. The van der Waals surface area contributed by atoms with Gasteiger partial charge in [0, 0.05) is 61.1 Å². The van der Waals surface area contributed by atoms with Gasteiger partial charge in [-0.15, -0.1) is 0 Å². The fraction of sp³-hybridized carbons (Fsp3) is 0.217. The molecule has 0 aliphatic carbocycles. The average Bonchev–Trinajstić information content (AvgIpc) is 3.39. The molecule has 0 saturated carbocycles. The lowest BCUT2D eigenvalue weighted by Crippen LogP contribution is -2.23. The molecule has 8 nitrogen and oxygen atoms in total. The fourth-order valence-electron chi connectivity index (χ4n) is 4.13. The summed E-state index contributed by atoms with van der Waals surface area (Å²) in [6.45, 7) is 1.29. The lowest BCUT2D eigenvalue weighted by atomic mass is 10.1. The third-order valence-electron chi connectivity index (χ3n) is 5.56. The predicted molar refractivity (Wildman–Crippen MR) is 121 cm³/mol. The van der Waals surface area contributed by atoms with E-state index < -0.39 is 0 Å². The topological polar surface area (TPSA) is 99.4 Å². The number of β-amino-alcohol motifs (C(OH)–C–C–N with tert-alkyl or cyclic N) is 1. The SMILES string of the molecule is CN=Cc1cc(-c2cn(-c3ccccc3)c3nc[nH]c(=O)c23)cnc1N1CC[C@@H](O)C1. The summed E-state index contributed by atoms with van der Waals surface area (Å²) >= 11 is 0. The standard InChI is InChI=1S/C23H22N6O2/c1-24-10-16-9-15(11-25-21(16)28-8-7-18(30)12-28)19-13-29(17-5-3-2-4-6-17)22-20(19)23(31)27-14-26-22/h2-6,9-11,13-14,18,30H,7-8,12H2,1H3,(H,26,27,31)/t18-/m1/s1. The molecule has 1 saturated heterocycles. The molecule has 0 radical (unpaired) electrons. The average molecular weight is 414 g/mol. The van der Waals surface area contributed by atoms with E-state index in [9.17, 15) is 9.90 Å². The highest BCUT2D eigenvalue weighted by atomic mass is 16.3. The Kier molecular flexibility index (Phi) is 4.83. The van der Waals surface area contributed by atoms with E-state index in [1.54, 1.807) is 19.5 Å². The molecule has 1 aromatic carbocycles. The van der Waals surface area contributed by atoms with E-state index in [0.717, 1.165) is 41.2 Å². The molecule has 0 unspecified atom stereocenters. The van der Waals surface area contributed by atoms with Gasteiger partial charge >= 0.3 is 0 Å². The summed E-state index contributed by atoms with van der Waals surface area (Å²) in [5.74, 6) is 0.782. The maximum Gasteiger partial charge on any atom is 0.260 e. The van der Waals surface area contributed by atoms with Gasteiger partial charge in [0.15, 0.2) is 5.65 Å².